The van der Waals surface area contributed by atoms with E-state index in [4.69, 9.17) is 0 Å². The summed E-state index contributed by atoms with van der Waals surface area (Å²) >= 11 is 0. The highest BCUT2D eigenvalue weighted by Gasteiger charge is 2.25. The molecule has 2 rings (SSSR count). The van der Waals surface area contributed by atoms with Gasteiger partial charge in [0.25, 0.3) is 5.91 Å². The molecule has 7 nitrogen and oxygen atoms in total. The minimum absolute atomic E-state index is 0.0293. The van der Waals surface area contributed by atoms with Crippen LogP contribution >= 0.6 is 0 Å². The number of likely N-dealkylation sites (tertiary alicyclic amines) is 1. The molecule has 1 heterocycles. The Hall–Kier alpha value is -2.64. The van der Waals surface area contributed by atoms with Gasteiger partial charge in [-0.15, -0.1) is 0 Å². The molecule has 142 valence electrons. The molecule has 1 aliphatic heterocycles. The van der Waals surface area contributed by atoms with E-state index in [0.29, 0.717) is 32.0 Å². The van der Waals surface area contributed by atoms with Crippen LogP contribution in [0.3, 0.4) is 0 Å². The third-order valence-electron chi connectivity index (χ3n) is 4.23. The molecule has 2 amide bonds. The first kappa shape index (κ1) is 19.7. The molecule has 3 N–H and O–H groups in total. The van der Waals surface area contributed by atoms with E-state index in [1.54, 1.807) is 19.2 Å². The molecule has 1 unspecified atom stereocenters. The maximum atomic E-state index is 13.5. The van der Waals surface area contributed by atoms with Crippen molar-refractivity contribution in [1.82, 2.24) is 20.9 Å². The Morgan fingerprint density at radius 1 is 1.27 bits per heavy atom. The molecule has 8 heteroatoms. The van der Waals surface area contributed by atoms with Gasteiger partial charge in [-0.05, 0) is 18.6 Å². The van der Waals surface area contributed by atoms with Crippen LogP contribution in [0.4, 0.5) is 4.39 Å². The van der Waals surface area contributed by atoms with Gasteiger partial charge in [0, 0.05) is 45.7 Å². The number of hydrogen-bond donors (Lipinski definition) is 3. The molecule has 0 bridgehead atoms. The second kappa shape index (κ2) is 9.74. The lowest BCUT2D eigenvalue weighted by molar-refractivity contribution is -0.129. The lowest BCUT2D eigenvalue weighted by atomic mass is 10.2. The van der Waals surface area contributed by atoms with Crippen LogP contribution in [-0.4, -0.2) is 61.9 Å². The van der Waals surface area contributed by atoms with E-state index in [-0.39, 0.29) is 17.5 Å². The van der Waals surface area contributed by atoms with Crippen molar-refractivity contribution >= 4 is 17.8 Å². The molecule has 0 radical (unpaired) electrons. The van der Waals surface area contributed by atoms with Gasteiger partial charge in [-0.25, -0.2) is 4.39 Å². The van der Waals surface area contributed by atoms with Crippen LogP contribution in [0.2, 0.25) is 0 Å². The number of halogens is 1. The van der Waals surface area contributed by atoms with Crippen molar-refractivity contribution in [1.29, 1.82) is 0 Å². The Labute approximate surface area is 153 Å². The lowest BCUT2D eigenvalue weighted by Gasteiger charge is -2.18. The lowest BCUT2D eigenvalue weighted by Crippen LogP contribution is -2.46. The molecule has 1 fully saturated rings. The molecule has 1 aromatic rings. The Morgan fingerprint density at radius 3 is 2.69 bits per heavy atom. The van der Waals surface area contributed by atoms with Gasteiger partial charge >= 0.3 is 0 Å². The van der Waals surface area contributed by atoms with E-state index >= 15 is 0 Å². The summed E-state index contributed by atoms with van der Waals surface area (Å²) in [5, 5.41) is 9.04. The fourth-order valence-electron chi connectivity index (χ4n) is 2.81. The van der Waals surface area contributed by atoms with Crippen molar-refractivity contribution in [3.05, 3.63) is 35.6 Å². The van der Waals surface area contributed by atoms with Crippen LogP contribution in [0.25, 0.3) is 0 Å². The molecule has 26 heavy (non-hydrogen) atoms. The summed E-state index contributed by atoms with van der Waals surface area (Å²) in [5.74, 6) is -0.214. The van der Waals surface area contributed by atoms with Crippen molar-refractivity contribution in [2.45, 2.75) is 25.8 Å². The largest absolute Gasteiger partial charge is 0.355 e. The van der Waals surface area contributed by atoms with Gasteiger partial charge in [0.1, 0.15) is 5.82 Å². The van der Waals surface area contributed by atoms with Crippen LogP contribution in [0.5, 0.6) is 0 Å². The van der Waals surface area contributed by atoms with E-state index in [0.717, 1.165) is 13.0 Å². The Kier molecular flexibility index (Phi) is 7.37. The number of amides is 2. The zero-order valence-electron chi connectivity index (χ0n) is 15.2. The van der Waals surface area contributed by atoms with Crippen LogP contribution < -0.4 is 16.0 Å². The monoisotopic (exact) mass is 363 g/mol. The third kappa shape index (κ3) is 5.44. The van der Waals surface area contributed by atoms with Crippen LogP contribution in [0, 0.1) is 5.82 Å². The molecule has 0 aliphatic carbocycles. The minimum Gasteiger partial charge on any atom is -0.355 e. The predicted octanol–water partition coefficient (Wildman–Crippen LogP) is 0.731. The standard InChI is InChI=1S/C18H26FN5O2/c1-3-16(25)24-11-8-13(12-24)23-18(20-2)22-10-9-21-17(26)14-6-4-5-7-15(14)19/h4-7,13H,3,8-12H2,1-2H3,(H,21,26)(H2,20,22,23). The smallest absolute Gasteiger partial charge is 0.254 e. The van der Waals surface area contributed by atoms with Crippen molar-refractivity contribution in [3.63, 3.8) is 0 Å². The average Bonchev–Trinajstić information content (AvgIpc) is 3.12. The Bertz CT molecular complexity index is 665. The minimum atomic E-state index is -0.539. The molecule has 0 aromatic heterocycles. The number of hydrogen-bond acceptors (Lipinski definition) is 3. The predicted molar refractivity (Wildman–Crippen MR) is 98.5 cm³/mol. The van der Waals surface area contributed by atoms with Crippen molar-refractivity contribution in [2.24, 2.45) is 4.99 Å². The number of aliphatic imine (C=N–C) groups is 1. The van der Waals surface area contributed by atoms with Crippen LogP contribution in [0.15, 0.2) is 29.3 Å². The quantitative estimate of drug-likeness (QED) is 0.395. The van der Waals surface area contributed by atoms with Crippen LogP contribution in [0.1, 0.15) is 30.1 Å². The zero-order chi connectivity index (χ0) is 18.9. The van der Waals surface area contributed by atoms with Crippen molar-refractivity contribution < 1.29 is 14.0 Å². The molecule has 1 atom stereocenters. The summed E-state index contributed by atoms with van der Waals surface area (Å²) in [5.41, 5.74) is 0.0293. The highest BCUT2D eigenvalue weighted by molar-refractivity contribution is 5.94. The van der Waals surface area contributed by atoms with Gasteiger partial charge in [0.2, 0.25) is 5.91 Å². The summed E-state index contributed by atoms with van der Waals surface area (Å²) in [7, 11) is 1.66. The van der Waals surface area contributed by atoms with E-state index in [9.17, 15) is 14.0 Å². The number of nitrogens with one attached hydrogen (secondary N) is 3. The highest BCUT2D eigenvalue weighted by atomic mass is 19.1. The van der Waals surface area contributed by atoms with Gasteiger partial charge in [0.15, 0.2) is 5.96 Å². The Morgan fingerprint density at radius 2 is 2.00 bits per heavy atom. The van der Waals surface area contributed by atoms with Gasteiger partial charge < -0.3 is 20.9 Å². The molecular weight excluding hydrogens is 337 g/mol. The van der Waals surface area contributed by atoms with E-state index in [2.05, 4.69) is 20.9 Å². The molecule has 0 saturated carbocycles. The molecule has 0 spiro atoms. The summed E-state index contributed by atoms with van der Waals surface area (Å²) in [6.45, 7) is 4.06. The maximum Gasteiger partial charge on any atom is 0.254 e. The SMILES string of the molecule is CCC(=O)N1CCC(NC(=NC)NCCNC(=O)c2ccccc2F)C1. The second-order valence-electron chi connectivity index (χ2n) is 6.06. The average molecular weight is 363 g/mol. The van der Waals surface area contributed by atoms with Gasteiger partial charge in [-0.1, -0.05) is 19.1 Å². The third-order valence-corrected chi connectivity index (χ3v) is 4.23. The van der Waals surface area contributed by atoms with Crippen LogP contribution in [-0.2, 0) is 4.79 Å². The molecule has 1 aromatic carbocycles. The van der Waals surface area contributed by atoms with E-state index in [1.807, 2.05) is 11.8 Å². The first-order chi connectivity index (χ1) is 12.5. The number of nitrogens with zero attached hydrogens (tertiary/aromatic N) is 2. The van der Waals surface area contributed by atoms with Gasteiger partial charge in [-0.3, -0.25) is 14.6 Å². The second-order valence-corrected chi connectivity index (χ2v) is 6.06. The number of rotatable bonds is 6. The fraction of sp³-hybridized carbons (Fsp3) is 0.500. The number of carbonyl (C=O) groups is 2. The molecule has 1 aliphatic rings. The number of benzene rings is 1. The highest BCUT2D eigenvalue weighted by Crippen LogP contribution is 2.10. The van der Waals surface area contributed by atoms with E-state index in [1.165, 1.54) is 12.1 Å². The maximum absolute atomic E-state index is 13.5. The number of carbonyl (C=O) groups excluding carboxylic acids is 2. The molecular formula is C18H26FN5O2. The summed E-state index contributed by atoms with van der Waals surface area (Å²) < 4.78 is 13.5. The summed E-state index contributed by atoms with van der Waals surface area (Å²) in [6.07, 6.45) is 1.39. The first-order valence-electron chi connectivity index (χ1n) is 8.82. The normalized spacial score (nSPS) is 17.1. The van der Waals surface area contributed by atoms with E-state index < -0.39 is 11.7 Å². The van der Waals surface area contributed by atoms with Gasteiger partial charge in [-0.2, -0.15) is 0 Å². The van der Waals surface area contributed by atoms with Crippen molar-refractivity contribution in [3.8, 4) is 0 Å². The zero-order valence-corrected chi connectivity index (χ0v) is 15.2. The fourth-order valence-corrected chi connectivity index (χ4v) is 2.81. The summed E-state index contributed by atoms with van der Waals surface area (Å²) in [6, 6.07) is 6.03. The van der Waals surface area contributed by atoms with Gasteiger partial charge in [0.05, 0.1) is 5.56 Å². The summed E-state index contributed by atoms with van der Waals surface area (Å²) in [4.78, 5) is 29.6. The topological polar surface area (TPSA) is 85.8 Å². The molecule has 1 saturated heterocycles. The number of guanidine groups is 1. The first-order valence-corrected chi connectivity index (χ1v) is 8.82. The Balaban J connectivity index is 1.70. The van der Waals surface area contributed by atoms with Crippen molar-refractivity contribution in [2.75, 3.05) is 33.2 Å².